The molecule has 2 heterocycles. The van der Waals surface area contributed by atoms with Crippen molar-refractivity contribution in [1.29, 1.82) is 0 Å². The second-order valence-electron chi connectivity index (χ2n) is 10.3. The average Bonchev–Trinajstić information content (AvgIpc) is 3.18. The van der Waals surface area contributed by atoms with Crippen LogP contribution in [0.1, 0.15) is 60.1 Å². The van der Waals surface area contributed by atoms with Crippen LogP contribution in [0.5, 0.6) is 0 Å². The number of aliphatic hydroxyl groups excluding tert-OH is 1. The van der Waals surface area contributed by atoms with Crippen molar-refractivity contribution in [3.63, 3.8) is 0 Å². The molecule has 0 bridgehead atoms. The van der Waals surface area contributed by atoms with E-state index in [9.17, 15) is 5.11 Å². The summed E-state index contributed by atoms with van der Waals surface area (Å²) in [6, 6.07) is 17.0. The molecule has 1 aliphatic rings. The van der Waals surface area contributed by atoms with E-state index in [0.29, 0.717) is 0 Å². The maximum absolute atomic E-state index is 11.2. The predicted molar refractivity (Wildman–Crippen MR) is 142 cm³/mol. The van der Waals surface area contributed by atoms with Gasteiger partial charge in [0.15, 0.2) is 0 Å². The molecular formula is C31H32N2O. The zero-order chi connectivity index (χ0) is 24.2. The summed E-state index contributed by atoms with van der Waals surface area (Å²) in [5.74, 6) is 6.91. The molecule has 3 aromatic carbocycles. The third kappa shape index (κ3) is 3.59. The average molecular weight is 449 g/mol. The summed E-state index contributed by atoms with van der Waals surface area (Å²) in [6.45, 7) is 12.6. The van der Waals surface area contributed by atoms with Gasteiger partial charge in [-0.15, -0.1) is 0 Å². The fourth-order valence-corrected chi connectivity index (χ4v) is 5.37. The fraction of sp³-hybridized carbons (Fsp3) is 0.290. The molecule has 0 fully saturated rings. The van der Waals surface area contributed by atoms with Crippen LogP contribution in [0, 0.1) is 32.6 Å². The lowest BCUT2D eigenvalue weighted by atomic mass is 9.75. The summed E-state index contributed by atoms with van der Waals surface area (Å²) >= 11 is 0. The number of aliphatic hydroxyl groups is 1. The summed E-state index contributed by atoms with van der Waals surface area (Å²) < 4.78 is 0. The molecule has 3 heteroatoms. The van der Waals surface area contributed by atoms with Crippen molar-refractivity contribution in [3.05, 3.63) is 88.1 Å². The molecule has 1 aromatic heterocycles. The van der Waals surface area contributed by atoms with Gasteiger partial charge in [0, 0.05) is 45.4 Å². The zero-order valence-electron chi connectivity index (χ0n) is 20.8. The SMILES string of the molecule is Cc1cccc(C#Cc2c(-c3cccc4c(C)c[nH]c34)cc(C)c3c2[C@@H](C)[C@H](O)C(C)(C)N3)c1. The summed E-state index contributed by atoms with van der Waals surface area (Å²) in [7, 11) is 0. The van der Waals surface area contributed by atoms with Crippen molar-refractivity contribution in [2.45, 2.75) is 59.1 Å². The van der Waals surface area contributed by atoms with Crippen LogP contribution in [0.25, 0.3) is 22.0 Å². The molecule has 0 saturated carbocycles. The third-order valence-corrected chi connectivity index (χ3v) is 7.24. The Hall–Kier alpha value is -3.48. The number of nitrogens with one attached hydrogen (secondary N) is 2. The summed E-state index contributed by atoms with van der Waals surface area (Å²) in [4.78, 5) is 3.48. The number of benzene rings is 3. The van der Waals surface area contributed by atoms with Gasteiger partial charge in [-0.05, 0) is 75.1 Å². The molecular weight excluding hydrogens is 416 g/mol. The molecule has 172 valence electrons. The van der Waals surface area contributed by atoms with E-state index in [-0.39, 0.29) is 5.92 Å². The maximum Gasteiger partial charge on any atom is 0.0831 e. The van der Waals surface area contributed by atoms with E-state index in [4.69, 9.17) is 0 Å². The second-order valence-corrected chi connectivity index (χ2v) is 10.3. The molecule has 34 heavy (non-hydrogen) atoms. The lowest BCUT2D eigenvalue weighted by Crippen LogP contribution is -2.50. The Morgan fingerprint density at radius 2 is 1.68 bits per heavy atom. The van der Waals surface area contributed by atoms with Gasteiger partial charge in [-0.3, -0.25) is 0 Å². The highest BCUT2D eigenvalue weighted by Gasteiger charge is 2.40. The first kappa shape index (κ1) is 22.3. The number of hydrogen-bond acceptors (Lipinski definition) is 2. The number of H-pyrrole nitrogens is 1. The van der Waals surface area contributed by atoms with Crippen molar-refractivity contribution in [2.24, 2.45) is 0 Å². The Kier molecular flexibility index (Phi) is 5.30. The van der Waals surface area contributed by atoms with E-state index >= 15 is 0 Å². The van der Waals surface area contributed by atoms with Crippen LogP contribution in [0.3, 0.4) is 0 Å². The molecule has 3 nitrogen and oxygen atoms in total. The van der Waals surface area contributed by atoms with Crippen molar-refractivity contribution in [1.82, 2.24) is 4.98 Å². The van der Waals surface area contributed by atoms with E-state index in [0.717, 1.165) is 39.0 Å². The minimum absolute atomic E-state index is 0.0590. The van der Waals surface area contributed by atoms with Gasteiger partial charge in [0.1, 0.15) is 0 Å². The number of fused-ring (bicyclic) bond motifs is 2. The highest BCUT2D eigenvalue weighted by Crippen LogP contribution is 2.46. The van der Waals surface area contributed by atoms with Crippen molar-refractivity contribution in [3.8, 4) is 23.0 Å². The number of rotatable bonds is 1. The molecule has 1 aliphatic heterocycles. The van der Waals surface area contributed by atoms with Gasteiger partial charge in [-0.2, -0.15) is 0 Å². The summed E-state index contributed by atoms with van der Waals surface area (Å²) in [5.41, 5.74) is 10.7. The van der Waals surface area contributed by atoms with Crippen LogP contribution >= 0.6 is 0 Å². The zero-order valence-corrected chi connectivity index (χ0v) is 20.8. The largest absolute Gasteiger partial charge is 0.390 e. The Labute approximate surface area is 202 Å². The first-order valence-corrected chi connectivity index (χ1v) is 12.0. The normalized spacial score (nSPS) is 18.7. The van der Waals surface area contributed by atoms with Crippen molar-refractivity contribution >= 4 is 16.6 Å². The Morgan fingerprint density at radius 1 is 0.912 bits per heavy atom. The van der Waals surface area contributed by atoms with Crippen molar-refractivity contribution < 1.29 is 5.11 Å². The van der Waals surface area contributed by atoms with Crippen LogP contribution in [0.4, 0.5) is 5.69 Å². The Balaban J connectivity index is 1.83. The number of aromatic amines is 1. The molecule has 4 aromatic rings. The van der Waals surface area contributed by atoms with E-state index in [2.05, 4.69) is 112 Å². The fourth-order valence-electron chi connectivity index (χ4n) is 5.37. The van der Waals surface area contributed by atoms with Crippen LogP contribution in [-0.4, -0.2) is 21.7 Å². The van der Waals surface area contributed by atoms with Gasteiger partial charge in [-0.1, -0.05) is 49.1 Å². The van der Waals surface area contributed by atoms with Gasteiger partial charge in [-0.25, -0.2) is 0 Å². The molecule has 2 atom stereocenters. The molecule has 0 saturated heterocycles. The maximum atomic E-state index is 11.2. The van der Waals surface area contributed by atoms with E-state index < -0.39 is 11.6 Å². The molecule has 5 rings (SSSR count). The minimum Gasteiger partial charge on any atom is -0.390 e. The minimum atomic E-state index is -0.530. The molecule has 0 amide bonds. The van der Waals surface area contributed by atoms with Crippen molar-refractivity contribution in [2.75, 3.05) is 5.32 Å². The number of aromatic nitrogens is 1. The van der Waals surface area contributed by atoms with Crippen LogP contribution in [-0.2, 0) is 0 Å². The smallest absolute Gasteiger partial charge is 0.0831 e. The van der Waals surface area contributed by atoms with Crippen LogP contribution < -0.4 is 5.32 Å². The molecule has 0 unspecified atom stereocenters. The number of hydrogen-bond donors (Lipinski definition) is 3. The van der Waals surface area contributed by atoms with E-state index in [1.54, 1.807) is 0 Å². The lowest BCUT2D eigenvalue weighted by Gasteiger charge is -2.43. The molecule has 0 aliphatic carbocycles. The van der Waals surface area contributed by atoms with Gasteiger partial charge in [0.05, 0.1) is 17.2 Å². The van der Waals surface area contributed by atoms with Crippen LogP contribution in [0.15, 0.2) is 54.7 Å². The highest BCUT2D eigenvalue weighted by atomic mass is 16.3. The number of aryl methyl sites for hydroxylation is 3. The van der Waals surface area contributed by atoms with Gasteiger partial charge >= 0.3 is 0 Å². The first-order chi connectivity index (χ1) is 16.2. The molecule has 3 N–H and O–H groups in total. The van der Waals surface area contributed by atoms with E-state index in [1.165, 1.54) is 22.1 Å². The highest BCUT2D eigenvalue weighted by molar-refractivity contribution is 5.98. The number of anilines is 1. The summed E-state index contributed by atoms with van der Waals surface area (Å²) in [5, 5.41) is 16.1. The monoisotopic (exact) mass is 448 g/mol. The Morgan fingerprint density at radius 3 is 2.44 bits per heavy atom. The van der Waals surface area contributed by atoms with Gasteiger partial charge < -0.3 is 15.4 Å². The van der Waals surface area contributed by atoms with E-state index in [1.807, 2.05) is 6.07 Å². The van der Waals surface area contributed by atoms with Gasteiger partial charge in [0.2, 0.25) is 0 Å². The second kappa shape index (κ2) is 8.08. The lowest BCUT2D eigenvalue weighted by molar-refractivity contribution is 0.0868. The quantitative estimate of drug-likeness (QED) is 0.280. The first-order valence-electron chi connectivity index (χ1n) is 12.0. The third-order valence-electron chi connectivity index (χ3n) is 7.24. The number of para-hydroxylation sites is 1. The predicted octanol–water partition coefficient (Wildman–Crippen LogP) is 6.83. The van der Waals surface area contributed by atoms with Gasteiger partial charge in [0.25, 0.3) is 0 Å². The Bertz CT molecular complexity index is 1480. The standard InChI is InChI=1S/C31H32N2O/c1-18-9-7-10-22(15-18)13-14-24-26(25-12-8-11-23-20(3)17-32-29(23)25)16-19(2)28-27(24)21(4)30(34)31(5,6)33-28/h7-12,15-17,21,30,32-34H,1-6H3/t21-,30+/m1/s1. The van der Waals surface area contributed by atoms with Crippen LogP contribution in [0.2, 0.25) is 0 Å². The molecule has 0 spiro atoms. The molecule has 0 radical (unpaired) electrons. The summed E-state index contributed by atoms with van der Waals surface area (Å²) in [6.07, 6.45) is 1.53. The topological polar surface area (TPSA) is 48.0 Å².